The van der Waals surface area contributed by atoms with Crippen molar-refractivity contribution in [1.82, 2.24) is 0 Å². The molecule has 1 amide bonds. The number of sulfone groups is 1. The number of amides is 1. The fourth-order valence-electron chi connectivity index (χ4n) is 2.41. The Morgan fingerprint density at radius 2 is 2.19 bits per heavy atom. The Balaban J connectivity index is 2.37. The molecule has 0 radical (unpaired) electrons. The number of carbonyl (C=O) groups is 1. The van der Waals surface area contributed by atoms with Crippen LogP contribution >= 0.6 is 23.2 Å². The van der Waals surface area contributed by atoms with Crippen LogP contribution in [0.1, 0.15) is 6.42 Å². The molecule has 1 aliphatic rings. The van der Waals surface area contributed by atoms with E-state index < -0.39 is 15.9 Å². The predicted molar refractivity (Wildman–Crippen MR) is 83.3 cm³/mol. The Labute approximate surface area is 133 Å². The summed E-state index contributed by atoms with van der Waals surface area (Å²) in [7, 11) is -1.62. The second kappa shape index (κ2) is 6.42. The number of nitrogens with zero attached hydrogens (tertiary/aromatic N) is 1. The highest BCUT2D eigenvalue weighted by molar-refractivity contribution is 7.91. The van der Waals surface area contributed by atoms with Crippen molar-refractivity contribution in [1.29, 1.82) is 0 Å². The van der Waals surface area contributed by atoms with Gasteiger partial charge in [-0.2, -0.15) is 0 Å². The smallest absolute Gasteiger partial charge is 0.242 e. The lowest BCUT2D eigenvalue weighted by Crippen LogP contribution is -2.42. The quantitative estimate of drug-likeness (QED) is 0.779. The summed E-state index contributed by atoms with van der Waals surface area (Å²) in [4.78, 5) is 13.5. The lowest BCUT2D eigenvalue weighted by molar-refractivity contribution is -0.116. The number of hydrogen-bond acceptors (Lipinski definition) is 4. The zero-order chi connectivity index (χ0) is 15.6. The first kappa shape index (κ1) is 16.4. The van der Waals surface area contributed by atoms with Crippen molar-refractivity contribution >= 4 is 44.6 Å². The van der Waals surface area contributed by atoms with E-state index in [1.54, 1.807) is 18.2 Å². The highest BCUT2D eigenvalue weighted by Gasteiger charge is 2.35. The molecule has 116 valence electrons. The standard InChI is InChI=1S/C13H15Cl2NO4S/c1-20-12-3-2-9(6-11(12)15)16(13(17)7-14)10-4-5-21(18,19)8-10/h2-3,6,10H,4-5,7-8H2,1H3. The van der Waals surface area contributed by atoms with Gasteiger partial charge in [0.1, 0.15) is 11.6 Å². The highest BCUT2D eigenvalue weighted by atomic mass is 35.5. The Bertz CT molecular complexity index is 648. The molecular weight excluding hydrogens is 337 g/mol. The molecule has 0 aromatic heterocycles. The summed E-state index contributed by atoms with van der Waals surface area (Å²) in [5.74, 6) is -0.0645. The molecule has 1 aromatic carbocycles. The molecule has 1 aromatic rings. The maximum absolute atomic E-state index is 12.1. The first-order valence-electron chi connectivity index (χ1n) is 6.30. The van der Waals surface area contributed by atoms with Crippen LogP contribution < -0.4 is 9.64 Å². The van der Waals surface area contributed by atoms with Crippen LogP contribution in [-0.4, -0.2) is 44.9 Å². The summed E-state index contributed by atoms with van der Waals surface area (Å²) in [5, 5.41) is 0.350. The SMILES string of the molecule is COc1ccc(N(C(=O)CCl)C2CCS(=O)(=O)C2)cc1Cl. The molecule has 0 bridgehead atoms. The van der Waals surface area contributed by atoms with Gasteiger partial charge in [0.25, 0.3) is 0 Å². The minimum absolute atomic E-state index is 0.0563. The normalized spacial score (nSPS) is 20.2. The van der Waals surface area contributed by atoms with Crippen molar-refractivity contribution in [3.8, 4) is 5.75 Å². The van der Waals surface area contributed by atoms with E-state index in [1.165, 1.54) is 12.0 Å². The topological polar surface area (TPSA) is 63.7 Å². The van der Waals surface area contributed by atoms with Gasteiger partial charge in [-0.05, 0) is 24.6 Å². The van der Waals surface area contributed by atoms with Gasteiger partial charge in [0.05, 0.1) is 29.7 Å². The molecule has 0 spiro atoms. The molecule has 1 aliphatic heterocycles. The zero-order valence-electron chi connectivity index (χ0n) is 11.4. The summed E-state index contributed by atoms with van der Waals surface area (Å²) >= 11 is 11.7. The average molecular weight is 352 g/mol. The first-order chi connectivity index (χ1) is 9.88. The largest absolute Gasteiger partial charge is 0.495 e. The second-order valence-electron chi connectivity index (χ2n) is 4.77. The molecule has 8 heteroatoms. The van der Waals surface area contributed by atoms with Crippen LogP contribution in [0.15, 0.2) is 18.2 Å². The summed E-state index contributed by atoms with van der Waals surface area (Å²) in [6.07, 6.45) is 0.397. The third-order valence-corrected chi connectivity index (χ3v) is 5.64. The lowest BCUT2D eigenvalue weighted by atomic mass is 10.1. The molecule has 1 atom stereocenters. The first-order valence-corrected chi connectivity index (χ1v) is 9.03. The summed E-state index contributed by atoms with van der Waals surface area (Å²) in [5.41, 5.74) is 0.522. The molecule has 2 rings (SSSR count). The molecule has 0 N–H and O–H groups in total. The van der Waals surface area contributed by atoms with Crippen molar-refractivity contribution in [3.63, 3.8) is 0 Å². The fourth-order valence-corrected chi connectivity index (χ4v) is 4.49. The van der Waals surface area contributed by atoms with Crippen molar-refractivity contribution in [2.24, 2.45) is 0 Å². The predicted octanol–water partition coefficient (Wildman–Crippen LogP) is 2.11. The van der Waals surface area contributed by atoms with E-state index in [0.717, 1.165) is 0 Å². The molecule has 21 heavy (non-hydrogen) atoms. The number of halogens is 2. The molecular formula is C13H15Cl2NO4S. The van der Waals surface area contributed by atoms with E-state index in [-0.39, 0.29) is 23.3 Å². The minimum atomic E-state index is -3.11. The number of alkyl halides is 1. The van der Waals surface area contributed by atoms with Crippen molar-refractivity contribution in [2.75, 3.05) is 29.4 Å². The maximum Gasteiger partial charge on any atom is 0.242 e. The van der Waals surface area contributed by atoms with Gasteiger partial charge in [-0.25, -0.2) is 8.42 Å². The number of rotatable bonds is 4. The molecule has 1 saturated heterocycles. The third kappa shape index (κ3) is 3.62. The van der Waals surface area contributed by atoms with Crippen LogP contribution in [0.5, 0.6) is 5.75 Å². The number of hydrogen-bond donors (Lipinski definition) is 0. The van der Waals surface area contributed by atoms with E-state index in [4.69, 9.17) is 27.9 Å². The molecule has 0 aliphatic carbocycles. The zero-order valence-corrected chi connectivity index (χ0v) is 13.7. The van der Waals surface area contributed by atoms with Crippen LogP contribution in [0.25, 0.3) is 0 Å². The number of ether oxygens (including phenoxy) is 1. The van der Waals surface area contributed by atoms with Gasteiger partial charge in [-0.3, -0.25) is 4.79 Å². The summed E-state index contributed by atoms with van der Waals surface area (Å²) in [6.45, 7) is 0. The van der Waals surface area contributed by atoms with Gasteiger partial charge in [-0.15, -0.1) is 11.6 Å². The van der Waals surface area contributed by atoms with E-state index in [1.807, 2.05) is 0 Å². The van der Waals surface area contributed by atoms with Gasteiger partial charge < -0.3 is 9.64 Å². The Hall–Kier alpha value is -0.980. The maximum atomic E-state index is 12.1. The number of anilines is 1. The molecule has 1 heterocycles. The van der Waals surface area contributed by atoms with Gasteiger partial charge in [-0.1, -0.05) is 11.6 Å². The summed E-state index contributed by atoms with van der Waals surface area (Å²) < 4.78 is 28.3. The van der Waals surface area contributed by atoms with Gasteiger partial charge in [0, 0.05) is 5.69 Å². The Morgan fingerprint density at radius 3 is 2.67 bits per heavy atom. The van der Waals surface area contributed by atoms with Crippen LogP contribution in [0.2, 0.25) is 5.02 Å². The van der Waals surface area contributed by atoms with Crippen LogP contribution in [0, 0.1) is 0 Å². The molecule has 1 unspecified atom stereocenters. The Kier molecular flexibility index (Phi) is 5.01. The van der Waals surface area contributed by atoms with Gasteiger partial charge in [0.15, 0.2) is 9.84 Å². The average Bonchev–Trinajstić information content (AvgIpc) is 2.79. The summed E-state index contributed by atoms with van der Waals surface area (Å²) in [6, 6.07) is 4.47. The lowest BCUT2D eigenvalue weighted by Gasteiger charge is -2.28. The van der Waals surface area contributed by atoms with Crippen LogP contribution in [-0.2, 0) is 14.6 Å². The molecule has 1 fully saturated rings. The Morgan fingerprint density at radius 1 is 1.48 bits per heavy atom. The third-order valence-electron chi connectivity index (χ3n) is 3.37. The van der Waals surface area contributed by atoms with Gasteiger partial charge in [0.2, 0.25) is 5.91 Å². The number of carbonyl (C=O) groups excluding carboxylic acids is 1. The second-order valence-corrected chi connectivity index (χ2v) is 7.68. The molecule has 5 nitrogen and oxygen atoms in total. The number of benzene rings is 1. The number of methoxy groups -OCH3 is 1. The fraction of sp³-hybridized carbons (Fsp3) is 0.462. The van der Waals surface area contributed by atoms with Gasteiger partial charge >= 0.3 is 0 Å². The monoisotopic (exact) mass is 351 g/mol. The van der Waals surface area contributed by atoms with E-state index in [9.17, 15) is 13.2 Å². The minimum Gasteiger partial charge on any atom is -0.495 e. The van der Waals surface area contributed by atoms with E-state index >= 15 is 0 Å². The van der Waals surface area contributed by atoms with Crippen molar-refractivity contribution in [2.45, 2.75) is 12.5 Å². The molecule has 0 saturated carbocycles. The van der Waals surface area contributed by atoms with E-state index in [2.05, 4.69) is 0 Å². The van der Waals surface area contributed by atoms with Crippen LogP contribution in [0.3, 0.4) is 0 Å². The van der Waals surface area contributed by atoms with Crippen molar-refractivity contribution in [3.05, 3.63) is 23.2 Å². The van der Waals surface area contributed by atoms with Crippen molar-refractivity contribution < 1.29 is 17.9 Å². The van der Waals surface area contributed by atoms with E-state index in [0.29, 0.717) is 22.9 Å². The highest BCUT2D eigenvalue weighted by Crippen LogP contribution is 2.32. The van der Waals surface area contributed by atoms with Crippen LogP contribution in [0.4, 0.5) is 5.69 Å².